The maximum Gasteiger partial charge on any atom is 0.256 e. The van der Waals surface area contributed by atoms with Gasteiger partial charge < -0.3 is 5.32 Å². The maximum absolute atomic E-state index is 12.5. The molecule has 9 heteroatoms. The number of primary sulfonamides is 1. The molecule has 0 bridgehead atoms. The van der Waals surface area contributed by atoms with Crippen molar-refractivity contribution in [2.45, 2.75) is 11.8 Å². The zero-order chi connectivity index (χ0) is 20.1. The van der Waals surface area contributed by atoms with Gasteiger partial charge in [0.15, 0.2) is 0 Å². The van der Waals surface area contributed by atoms with Crippen molar-refractivity contribution in [3.8, 4) is 5.69 Å². The predicted octanol–water partition coefficient (Wildman–Crippen LogP) is 2.97. The number of carbonyl (C=O) groups is 1. The molecule has 3 N–H and O–H groups in total. The molecular weight excluding hydrogens is 400 g/mol. The Morgan fingerprint density at radius 3 is 2.57 bits per heavy atom. The molecule has 1 aliphatic rings. The number of fused-ring (bicyclic) bond motifs is 1. The van der Waals surface area contributed by atoms with Crippen LogP contribution < -0.4 is 10.5 Å². The Morgan fingerprint density at radius 2 is 1.89 bits per heavy atom. The van der Waals surface area contributed by atoms with E-state index in [1.165, 1.54) is 18.2 Å². The Kier molecular flexibility index (Phi) is 4.34. The molecule has 1 aromatic heterocycles. The number of aromatic nitrogens is 2. The maximum atomic E-state index is 12.5. The van der Waals surface area contributed by atoms with E-state index in [0.717, 1.165) is 5.69 Å². The van der Waals surface area contributed by atoms with E-state index >= 15 is 0 Å². The number of para-hydroxylation sites is 1. The normalized spacial score (nSPS) is 15.0. The van der Waals surface area contributed by atoms with Crippen LogP contribution in [0.2, 0.25) is 5.15 Å². The fraction of sp³-hybridized carbons (Fsp3) is 0.0526. The third-order valence-electron chi connectivity index (χ3n) is 4.44. The predicted molar refractivity (Wildman–Crippen MR) is 108 cm³/mol. The molecule has 0 aliphatic carbocycles. The fourth-order valence-electron chi connectivity index (χ4n) is 3.05. The second-order valence-corrected chi connectivity index (χ2v) is 8.22. The molecule has 1 amide bonds. The number of nitrogens with zero attached hydrogens (tertiary/aromatic N) is 2. The van der Waals surface area contributed by atoms with Crippen LogP contribution in [0.5, 0.6) is 0 Å². The van der Waals surface area contributed by atoms with Crippen molar-refractivity contribution in [2.24, 2.45) is 5.14 Å². The number of carbonyl (C=O) groups excluding carboxylic acids is 1. The summed E-state index contributed by atoms with van der Waals surface area (Å²) in [5, 5.41) is 12.7. The van der Waals surface area contributed by atoms with Crippen molar-refractivity contribution in [2.75, 3.05) is 5.32 Å². The van der Waals surface area contributed by atoms with Crippen LogP contribution in [0.25, 0.3) is 17.3 Å². The summed E-state index contributed by atoms with van der Waals surface area (Å²) in [6.07, 6.45) is 1.61. The Morgan fingerprint density at radius 1 is 1.18 bits per heavy atom. The van der Waals surface area contributed by atoms with Crippen molar-refractivity contribution < 1.29 is 13.2 Å². The first-order chi connectivity index (χ1) is 13.3. The van der Waals surface area contributed by atoms with Gasteiger partial charge in [0.05, 0.1) is 16.3 Å². The second-order valence-electron chi connectivity index (χ2n) is 6.30. The van der Waals surface area contributed by atoms with Gasteiger partial charge in [-0.1, -0.05) is 29.8 Å². The Hall–Kier alpha value is -2.94. The number of anilines is 1. The van der Waals surface area contributed by atoms with Crippen molar-refractivity contribution in [3.63, 3.8) is 0 Å². The lowest BCUT2D eigenvalue weighted by Gasteiger charge is -2.03. The van der Waals surface area contributed by atoms with Crippen LogP contribution in [0.1, 0.15) is 16.8 Å². The van der Waals surface area contributed by atoms with Gasteiger partial charge >= 0.3 is 0 Å². The third kappa shape index (κ3) is 3.11. The molecule has 1 aliphatic heterocycles. The van der Waals surface area contributed by atoms with Crippen molar-refractivity contribution in [3.05, 3.63) is 70.5 Å². The second kappa shape index (κ2) is 6.59. The van der Waals surface area contributed by atoms with Gasteiger partial charge in [0.25, 0.3) is 5.91 Å². The lowest BCUT2D eigenvalue weighted by molar-refractivity contribution is -0.110. The van der Waals surface area contributed by atoms with Crippen LogP contribution >= 0.6 is 11.6 Å². The summed E-state index contributed by atoms with van der Waals surface area (Å²) >= 11 is 6.53. The highest BCUT2D eigenvalue weighted by Crippen LogP contribution is 2.36. The van der Waals surface area contributed by atoms with E-state index in [1.54, 1.807) is 17.7 Å². The summed E-state index contributed by atoms with van der Waals surface area (Å²) in [5.74, 6) is -0.357. The minimum absolute atomic E-state index is 0.0727. The number of sulfonamides is 1. The van der Waals surface area contributed by atoms with Crippen molar-refractivity contribution in [1.29, 1.82) is 0 Å². The van der Waals surface area contributed by atoms with Gasteiger partial charge in [0.2, 0.25) is 10.0 Å². The standard InChI is InChI=1S/C19H15ClN4O3S/c1-11-14(18(20)24(23-11)12-5-3-2-4-6-12)10-16-15-9-13(28(21,26)27)7-8-17(15)22-19(16)25/h2-10H,1H3,(H,22,25)(H2,21,26,27)/b16-10-. The van der Waals surface area contributed by atoms with Gasteiger partial charge in [0, 0.05) is 22.4 Å². The topological polar surface area (TPSA) is 107 Å². The molecule has 0 saturated carbocycles. The molecule has 0 fully saturated rings. The zero-order valence-electron chi connectivity index (χ0n) is 14.7. The van der Waals surface area contributed by atoms with Gasteiger partial charge in [-0.15, -0.1) is 0 Å². The van der Waals surface area contributed by atoms with E-state index < -0.39 is 10.0 Å². The average Bonchev–Trinajstić information content (AvgIpc) is 3.12. The molecule has 28 heavy (non-hydrogen) atoms. The quantitative estimate of drug-likeness (QED) is 0.642. The fourth-order valence-corrected chi connectivity index (χ4v) is 3.91. The molecule has 0 unspecified atom stereocenters. The number of benzene rings is 2. The van der Waals surface area contributed by atoms with Crippen LogP contribution in [0, 0.1) is 6.92 Å². The smallest absolute Gasteiger partial charge is 0.256 e. The van der Waals surface area contributed by atoms with E-state index in [2.05, 4.69) is 10.4 Å². The van der Waals surface area contributed by atoms with E-state index in [9.17, 15) is 13.2 Å². The summed E-state index contributed by atoms with van der Waals surface area (Å²) in [6, 6.07) is 13.6. The number of amides is 1. The highest BCUT2D eigenvalue weighted by atomic mass is 35.5. The molecule has 7 nitrogen and oxygen atoms in total. The van der Waals surface area contributed by atoms with Crippen molar-refractivity contribution >= 4 is 44.9 Å². The minimum atomic E-state index is -3.90. The Labute approximate surface area is 166 Å². The largest absolute Gasteiger partial charge is 0.321 e. The van der Waals surface area contributed by atoms with Crippen LogP contribution in [-0.4, -0.2) is 24.1 Å². The molecule has 142 valence electrons. The Balaban J connectivity index is 1.86. The summed E-state index contributed by atoms with van der Waals surface area (Å²) in [4.78, 5) is 12.4. The van der Waals surface area contributed by atoms with Crippen LogP contribution in [0.15, 0.2) is 53.4 Å². The summed E-state index contributed by atoms with van der Waals surface area (Å²) < 4.78 is 24.9. The summed E-state index contributed by atoms with van der Waals surface area (Å²) in [6.45, 7) is 1.78. The van der Waals surface area contributed by atoms with Crippen molar-refractivity contribution in [1.82, 2.24) is 9.78 Å². The molecule has 0 saturated heterocycles. The van der Waals surface area contributed by atoms with Crippen LogP contribution in [0.4, 0.5) is 5.69 Å². The highest BCUT2D eigenvalue weighted by Gasteiger charge is 2.27. The molecule has 0 atom stereocenters. The van der Waals surface area contributed by atoms with Gasteiger partial charge in [-0.05, 0) is 43.3 Å². The van der Waals surface area contributed by atoms with Crippen LogP contribution in [-0.2, 0) is 14.8 Å². The average molecular weight is 415 g/mol. The van der Waals surface area contributed by atoms with Crippen LogP contribution in [0.3, 0.4) is 0 Å². The lowest BCUT2D eigenvalue weighted by Crippen LogP contribution is -2.12. The number of nitrogens with two attached hydrogens (primary N) is 1. The van der Waals surface area contributed by atoms with E-state index in [1.807, 2.05) is 30.3 Å². The number of hydrogen-bond acceptors (Lipinski definition) is 4. The summed E-state index contributed by atoms with van der Waals surface area (Å²) in [5.41, 5.74) is 3.23. The SMILES string of the molecule is Cc1nn(-c2ccccc2)c(Cl)c1/C=C1\C(=O)Nc2ccc(S(N)(=O)=O)cc21. The lowest BCUT2D eigenvalue weighted by atomic mass is 10.0. The molecule has 3 aromatic rings. The van der Waals surface area contributed by atoms with Gasteiger partial charge in [-0.2, -0.15) is 5.10 Å². The van der Waals surface area contributed by atoms with Gasteiger partial charge in [-0.25, -0.2) is 18.2 Å². The number of halogens is 1. The molecule has 0 spiro atoms. The molecule has 4 rings (SSSR count). The first-order valence-electron chi connectivity index (χ1n) is 8.26. The Bertz CT molecular complexity index is 1250. The van der Waals surface area contributed by atoms with E-state index in [-0.39, 0.29) is 16.4 Å². The van der Waals surface area contributed by atoms with E-state index in [0.29, 0.717) is 27.7 Å². The third-order valence-corrected chi connectivity index (χ3v) is 5.71. The minimum Gasteiger partial charge on any atom is -0.321 e. The van der Waals surface area contributed by atoms with Gasteiger partial charge in [-0.3, -0.25) is 4.79 Å². The zero-order valence-corrected chi connectivity index (χ0v) is 16.3. The first-order valence-corrected chi connectivity index (χ1v) is 10.2. The number of nitrogens with one attached hydrogen (secondary N) is 1. The molecule has 2 aromatic carbocycles. The molecular formula is C19H15ClN4O3S. The monoisotopic (exact) mass is 414 g/mol. The molecule has 2 heterocycles. The van der Waals surface area contributed by atoms with Gasteiger partial charge in [0.1, 0.15) is 5.15 Å². The molecule has 0 radical (unpaired) electrons. The number of hydrogen-bond donors (Lipinski definition) is 2. The highest BCUT2D eigenvalue weighted by molar-refractivity contribution is 7.89. The first kappa shape index (κ1) is 18.4. The summed E-state index contributed by atoms with van der Waals surface area (Å²) in [7, 11) is -3.90. The number of aryl methyl sites for hydroxylation is 1. The van der Waals surface area contributed by atoms with E-state index in [4.69, 9.17) is 16.7 Å². The number of rotatable bonds is 3.